The second-order valence-electron chi connectivity index (χ2n) is 13.0. The number of anilines is 2. The number of amides is 5. The maximum Gasteiger partial charge on any atom is 0.322 e. The third-order valence-corrected chi connectivity index (χ3v) is 11.4. The van der Waals surface area contributed by atoms with Crippen LogP contribution in [0.2, 0.25) is 0 Å². The summed E-state index contributed by atoms with van der Waals surface area (Å²) >= 11 is 7.06. The van der Waals surface area contributed by atoms with Crippen LogP contribution in [0.4, 0.5) is 21.0 Å². The lowest BCUT2D eigenvalue weighted by molar-refractivity contribution is -0.135. The molecule has 5 amide bonds. The molecule has 11 nitrogen and oxygen atoms in total. The minimum Gasteiger partial charge on any atom is -0.397 e. The van der Waals surface area contributed by atoms with Crippen LogP contribution < -0.4 is 16.4 Å². The third-order valence-electron chi connectivity index (χ3n) is 10.1. The number of likely N-dealkylation sites (tertiary alicyclic amines) is 2. The van der Waals surface area contributed by atoms with Crippen LogP contribution in [-0.2, 0) is 17.8 Å². The Balaban J connectivity index is 1.09. The van der Waals surface area contributed by atoms with E-state index in [1.165, 1.54) is 0 Å². The number of fused-ring (bicyclic) bond motifs is 1. The largest absolute Gasteiger partial charge is 0.397 e. The Labute approximate surface area is 288 Å². The van der Waals surface area contributed by atoms with Gasteiger partial charge in [0.05, 0.1) is 5.69 Å². The summed E-state index contributed by atoms with van der Waals surface area (Å²) in [7, 11) is 2.17. The molecule has 4 heterocycles. The molecule has 0 aliphatic carbocycles. The van der Waals surface area contributed by atoms with Gasteiger partial charge in [0.1, 0.15) is 6.04 Å². The molecule has 248 valence electrons. The van der Waals surface area contributed by atoms with Crippen LogP contribution in [0.3, 0.4) is 0 Å². The first kappa shape index (κ1) is 33.0. The first-order valence-electron chi connectivity index (χ1n) is 16.3. The number of nitrogens with one attached hydrogen (secondary N) is 2. The molecule has 0 aromatic heterocycles. The number of urea groups is 2. The molecular weight excluding hydrogens is 716 g/mol. The number of nitrogen functional groups attached to an aromatic ring is 1. The van der Waals surface area contributed by atoms with Crippen molar-refractivity contribution < 1.29 is 14.4 Å². The number of rotatable bonds is 6. The fourth-order valence-corrected chi connectivity index (χ4v) is 8.47. The standard InChI is InChI=1S/C33H44Br2N8O3/c1-39-14-16-40(17-15-39)24-6-10-41(11-7-24)31(44)29(20-22-18-26(34)30(36)27(35)19-22)38-32(45)42-12-8-25(9-13-42)43-21-23-4-2-3-5-28(23)37-33(43)46/h2-5,18-19,24-25,29H,6-17,20-21,36H2,1H3,(H,37,46)(H,38,45)/t29-/m1/s1. The number of hydrogen-bond acceptors (Lipinski definition) is 6. The molecule has 3 fully saturated rings. The summed E-state index contributed by atoms with van der Waals surface area (Å²) in [4.78, 5) is 51.1. The molecule has 0 unspecified atom stereocenters. The monoisotopic (exact) mass is 758 g/mol. The van der Waals surface area contributed by atoms with Crippen molar-refractivity contribution in [1.82, 2.24) is 29.8 Å². The summed E-state index contributed by atoms with van der Waals surface area (Å²) in [5.74, 6) is -0.0483. The van der Waals surface area contributed by atoms with Crippen LogP contribution in [0, 0.1) is 0 Å². The highest BCUT2D eigenvalue weighted by Gasteiger charge is 2.36. The predicted octanol–water partition coefficient (Wildman–Crippen LogP) is 4.17. The number of hydrogen-bond donors (Lipinski definition) is 3. The van der Waals surface area contributed by atoms with Gasteiger partial charge in [-0.15, -0.1) is 0 Å². The summed E-state index contributed by atoms with van der Waals surface area (Å²) in [6.45, 7) is 7.26. The second kappa shape index (κ2) is 14.5. The lowest BCUT2D eigenvalue weighted by Crippen LogP contribution is -2.58. The van der Waals surface area contributed by atoms with Gasteiger partial charge in [0.15, 0.2) is 0 Å². The van der Waals surface area contributed by atoms with E-state index in [9.17, 15) is 14.4 Å². The third kappa shape index (κ3) is 7.48. The van der Waals surface area contributed by atoms with Gasteiger partial charge < -0.3 is 36.0 Å². The van der Waals surface area contributed by atoms with Gasteiger partial charge >= 0.3 is 12.1 Å². The van der Waals surface area contributed by atoms with E-state index in [1.54, 1.807) is 4.90 Å². The molecule has 0 spiro atoms. The minimum absolute atomic E-state index is 0.0425. The van der Waals surface area contributed by atoms with E-state index in [0.29, 0.717) is 63.7 Å². The highest BCUT2D eigenvalue weighted by atomic mass is 79.9. The molecule has 3 saturated heterocycles. The topological polar surface area (TPSA) is 117 Å². The number of piperazine rings is 1. The SMILES string of the molecule is CN1CCN(C2CCN(C(=O)[C@@H](Cc3cc(Br)c(N)c(Br)c3)NC(=O)N3CCC(N4Cc5ccccc5NC4=O)CC3)CC2)CC1. The van der Waals surface area contributed by atoms with Crippen molar-refractivity contribution in [1.29, 1.82) is 0 Å². The first-order chi connectivity index (χ1) is 22.2. The molecule has 2 aromatic rings. The fourth-order valence-electron chi connectivity index (χ4n) is 7.19. The first-order valence-corrected chi connectivity index (χ1v) is 17.9. The Kier molecular flexibility index (Phi) is 10.4. The maximum absolute atomic E-state index is 14.1. The molecule has 0 radical (unpaired) electrons. The van der Waals surface area contributed by atoms with Gasteiger partial charge in [0.2, 0.25) is 5.91 Å². The number of benzene rings is 2. The van der Waals surface area contributed by atoms with Crippen molar-refractivity contribution in [2.45, 2.75) is 56.8 Å². The molecule has 4 aliphatic rings. The molecule has 0 bridgehead atoms. The van der Waals surface area contributed by atoms with E-state index in [4.69, 9.17) is 5.73 Å². The summed E-state index contributed by atoms with van der Waals surface area (Å²) < 4.78 is 1.49. The van der Waals surface area contributed by atoms with Crippen molar-refractivity contribution in [3.63, 3.8) is 0 Å². The zero-order valence-corrected chi connectivity index (χ0v) is 29.6. The zero-order valence-electron chi connectivity index (χ0n) is 26.4. The van der Waals surface area contributed by atoms with E-state index in [0.717, 1.165) is 64.8 Å². The molecule has 1 atom stereocenters. The smallest absolute Gasteiger partial charge is 0.322 e. The average Bonchev–Trinajstić information content (AvgIpc) is 3.06. The lowest BCUT2D eigenvalue weighted by atomic mass is 9.99. The average molecular weight is 761 g/mol. The number of nitrogens with zero attached hydrogens (tertiary/aromatic N) is 5. The maximum atomic E-state index is 14.1. The highest BCUT2D eigenvalue weighted by Crippen LogP contribution is 2.31. The number of piperidine rings is 2. The normalized spacial score (nSPS) is 21.1. The number of para-hydroxylation sites is 1. The number of likely N-dealkylation sites (N-methyl/N-ethyl adjacent to an activating group) is 1. The Morgan fingerprint density at radius 2 is 1.52 bits per heavy atom. The van der Waals surface area contributed by atoms with Crippen LogP contribution in [0.5, 0.6) is 0 Å². The number of carbonyl (C=O) groups is 3. The van der Waals surface area contributed by atoms with E-state index >= 15 is 0 Å². The van der Waals surface area contributed by atoms with E-state index in [2.05, 4.69) is 59.3 Å². The number of nitrogens with two attached hydrogens (primary N) is 1. The minimum atomic E-state index is -0.711. The van der Waals surface area contributed by atoms with E-state index in [1.807, 2.05) is 46.2 Å². The Morgan fingerprint density at radius 3 is 2.20 bits per heavy atom. The summed E-state index contributed by atoms with van der Waals surface area (Å²) in [6, 6.07) is 11.2. The van der Waals surface area contributed by atoms with Crippen LogP contribution in [0.1, 0.15) is 36.8 Å². The van der Waals surface area contributed by atoms with Crippen LogP contribution in [0.15, 0.2) is 45.3 Å². The molecular formula is C33H44Br2N8O3. The highest BCUT2D eigenvalue weighted by molar-refractivity contribution is 9.11. The van der Waals surface area contributed by atoms with Crippen molar-refractivity contribution in [3.8, 4) is 0 Å². The van der Waals surface area contributed by atoms with E-state index in [-0.39, 0.29) is 24.0 Å². The number of carbonyl (C=O) groups excluding carboxylic acids is 3. The van der Waals surface area contributed by atoms with E-state index < -0.39 is 6.04 Å². The molecule has 13 heteroatoms. The summed E-state index contributed by atoms with van der Waals surface area (Å²) in [5, 5.41) is 6.11. The molecule has 0 saturated carbocycles. The van der Waals surface area contributed by atoms with Gasteiger partial charge in [-0.25, -0.2) is 9.59 Å². The summed E-state index contributed by atoms with van der Waals surface area (Å²) in [6.07, 6.45) is 3.59. The van der Waals surface area contributed by atoms with Gasteiger partial charge in [-0.05, 0) is 93.9 Å². The Morgan fingerprint density at radius 1 is 0.913 bits per heavy atom. The molecule has 2 aromatic carbocycles. The second-order valence-corrected chi connectivity index (χ2v) is 14.7. The summed E-state index contributed by atoms with van der Waals surface area (Å²) in [5.41, 5.74) is 9.58. The Bertz CT molecular complexity index is 1410. The van der Waals surface area contributed by atoms with Gasteiger partial charge in [-0.1, -0.05) is 18.2 Å². The predicted molar refractivity (Wildman–Crippen MR) is 187 cm³/mol. The fraction of sp³-hybridized carbons (Fsp3) is 0.545. The van der Waals surface area contributed by atoms with Gasteiger partial charge in [-0.2, -0.15) is 0 Å². The van der Waals surface area contributed by atoms with Crippen molar-refractivity contribution in [2.75, 3.05) is 70.5 Å². The van der Waals surface area contributed by atoms with Gasteiger partial charge in [-0.3, -0.25) is 9.69 Å². The number of halogens is 2. The van der Waals surface area contributed by atoms with Crippen molar-refractivity contribution in [2.24, 2.45) is 0 Å². The van der Waals surface area contributed by atoms with Gasteiger partial charge in [0, 0.05) is 92.0 Å². The van der Waals surface area contributed by atoms with Crippen LogP contribution >= 0.6 is 31.9 Å². The van der Waals surface area contributed by atoms with Crippen molar-refractivity contribution in [3.05, 3.63) is 56.5 Å². The van der Waals surface area contributed by atoms with Crippen molar-refractivity contribution >= 4 is 61.2 Å². The molecule has 6 rings (SSSR count). The van der Waals surface area contributed by atoms with Gasteiger partial charge in [0.25, 0.3) is 0 Å². The quantitative estimate of drug-likeness (QED) is 0.381. The zero-order chi connectivity index (χ0) is 32.4. The van der Waals surface area contributed by atoms with Crippen LogP contribution in [-0.4, -0.2) is 120 Å². The Hall–Kier alpha value is -2.87. The molecule has 46 heavy (non-hydrogen) atoms. The molecule has 4 aliphatic heterocycles. The lowest BCUT2D eigenvalue weighted by Gasteiger charge is -2.43. The molecule has 4 N–H and O–H groups in total. The van der Waals surface area contributed by atoms with Crippen LogP contribution in [0.25, 0.3) is 0 Å².